The van der Waals surface area contributed by atoms with E-state index in [1.165, 1.54) is 36.4 Å². The maximum absolute atomic E-state index is 13.0. The number of carbonyl (C=O) groups is 1. The van der Waals surface area contributed by atoms with E-state index in [0.29, 0.717) is 11.1 Å². The second-order valence-electron chi connectivity index (χ2n) is 3.98. The Labute approximate surface area is 114 Å². The van der Waals surface area contributed by atoms with Gasteiger partial charge < -0.3 is 10.4 Å². The summed E-state index contributed by atoms with van der Waals surface area (Å²) in [7, 11) is 0. The third-order valence-corrected chi connectivity index (χ3v) is 2.86. The summed E-state index contributed by atoms with van der Waals surface area (Å²) in [6.45, 7) is 0.250. The van der Waals surface area contributed by atoms with Crippen molar-refractivity contribution in [1.29, 1.82) is 0 Å². The molecule has 0 aliphatic heterocycles. The molecule has 2 rings (SSSR count). The standard InChI is InChI=1S/C14H11ClFNO2/c15-12-7-9(1-6-13(12)16)8-17-14(19)10-2-4-11(18)5-3-10/h1-7,18H,8H2,(H,17,19). The molecule has 5 heteroatoms. The topological polar surface area (TPSA) is 49.3 Å². The maximum atomic E-state index is 13.0. The SMILES string of the molecule is O=C(NCc1ccc(F)c(Cl)c1)c1ccc(O)cc1. The second-order valence-corrected chi connectivity index (χ2v) is 4.39. The van der Waals surface area contributed by atoms with Crippen molar-refractivity contribution < 1.29 is 14.3 Å². The lowest BCUT2D eigenvalue weighted by Gasteiger charge is -2.06. The molecule has 0 aromatic heterocycles. The van der Waals surface area contributed by atoms with E-state index in [2.05, 4.69) is 5.32 Å². The van der Waals surface area contributed by atoms with Crippen molar-refractivity contribution >= 4 is 17.5 Å². The molecule has 0 radical (unpaired) electrons. The molecule has 0 atom stereocenters. The van der Waals surface area contributed by atoms with Crippen LogP contribution < -0.4 is 5.32 Å². The van der Waals surface area contributed by atoms with Crippen LogP contribution in [0.3, 0.4) is 0 Å². The molecule has 0 aliphatic carbocycles. The van der Waals surface area contributed by atoms with E-state index < -0.39 is 5.82 Å². The first-order chi connectivity index (χ1) is 9.06. The summed E-state index contributed by atoms with van der Waals surface area (Å²) in [5.41, 5.74) is 1.14. The van der Waals surface area contributed by atoms with E-state index in [9.17, 15) is 9.18 Å². The van der Waals surface area contributed by atoms with Gasteiger partial charge in [0.2, 0.25) is 0 Å². The number of rotatable bonds is 3. The van der Waals surface area contributed by atoms with Gasteiger partial charge in [-0.3, -0.25) is 4.79 Å². The van der Waals surface area contributed by atoms with Crippen molar-refractivity contribution in [2.75, 3.05) is 0 Å². The summed E-state index contributed by atoms with van der Waals surface area (Å²) in [6.07, 6.45) is 0. The predicted molar refractivity (Wildman–Crippen MR) is 70.7 cm³/mol. The highest BCUT2D eigenvalue weighted by Gasteiger charge is 2.06. The quantitative estimate of drug-likeness (QED) is 0.907. The highest BCUT2D eigenvalue weighted by atomic mass is 35.5. The first kappa shape index (κ1) is 13.4. The van der Waals surface area contributed by atoms with Crippen LogP contribution in [0, 0.1) is 5.82 Å². The zero-order valence-electron chi connectivity index (χ0n) is 9.86. The van der Waals surface area contributed by atoms with Gasteiger partial charge in [0.1, 0.15) is 11.6 Å². The van der Waals surface area contributed by atoms with E-state index in [0.717, 1.165) is 0 Å². The minimum atomic E-state index is -0.490. The molecule has 0 saturated carbocycles. The van der Waals surface area contributed by atoms with Crippen LogP contribution in [0.5, 0.6) is 5.75 Å². The Morgan fingerprint density at radius 1 is 1.21 bits per heavy atom. The van der Waals surface area contributed by atoms with E-state index >= 15 is 0 Å². The molecule has 19 heavy (non-hydrogen) atoms. The molecular weight excluding hydrogens is 269 g/mol. The normalized spacial score (nSPS) is 10.2. The Balaban J connectivity index is 2.00. The molecule has 1 amide bonds. The fourth-order valence-corrected chi connectivity index (χ4v) is 1.75. The van der Waals surface area contributed by atoms with Crippen LogP contribution in [-0.4, -0.2) is 11.0 Å². The largest absolute Gasteiger partial charge is 0.508 e. The van der Waals surface area contributed by atoms with Crippen LogP contribution in [0.2, 0.25) is 5.02 Å². The van der Waals surface area contributed by atoms with Crippen LogP contribution in [0.1, 0.15) is 15.9 Å². The molecule has 0 spiro atoms. The molecule has 0 aliphatic rings. The number of benzene rings is 2. The number of amides is 1. The van der Waals surface area contributed by atoms with Crippen molar-refractivity contribution in [3.8, 4) is 5.75 Å². The highest BCUT2D eigenvalue weighted by molar-refractivity contribution is 6.30. The van der Waals surface area contributed by atoms with Crippen molar-refractivity contribution in [2.24, 2.45) is 0 Å². The molecule has 98 valence electrons. The van der Waals surface area contributed by atoms with Crippen LogP contribution in [0.25, 0.3) is 0 Å². The van der Waals surface area contributed by atoms with Gasteiger partial charge in [-0.1, -0.05) is 17.7 Å². The lowest BCUT2D eigenvalue weighted by molar-refractivity contribution is 0.0951. The predicted octanol–water partition coefficient (Wildman–Crippen LogP) is 3.11. The van der Waals surface area contributed by atoms with Crippen LogP contribution in [0.4, 0.5) is 4.39 Å². The van der Waals surface area contributed by atoms with Gasteiger partial charge in [0.25, 0.3) is 5.91 Å². The van der Waals surface area contributed by atoms with Crippen LogP contribution in [0.15, 0.2) is 42.5 Å². The van der Waals surface area contributed by atoms with Gasteiger partial charge in [-0.2, -0.15) is 0 Å². The Bertz CT molecular complexity index is 599. The third kappa shape index (κ3) is 3.45. The Kier molecular flexibility index (Phi) is 4.02. The lowest BCUT2D eigenvalue weighted by Crippen LogP contribution is -2.22. The van der Waals surface area contributed by atoms with E-state index in [1.807, 2.05) is 0 Å². The van der Waals surface area contributed by atoms with Gasteiger partial charge in [0, 0.05) is 12.1 Å². The molecule has 0 heterocycles. The van der Waals surface area contributed by atoms with Gasteiger partial charge in [-0.05, 0) is 42.0 Å². The highest BCUT2D eigenvalue weighted by Crippen LogP contribution is 2.16. The first-order valence-corrected chi connectivity index (χ1v) is 5.95. The molecule has 0 saturated heterocycles. The molecule has 0 unspecified atom stereocenters. The number of aromatic hydroxyl groups is 1. The van der Waals surface area contributed by atoms with Crippen molar-refractivity contribution in [3.63, 3.8) is 0 Å². The first-order valence-electron chi connectivity index (χ1n) is 5.57. The van der Waals surface area contributed by atoms with E-state index in [1.54, 1.807) is 6.07 Å². The zero-order valence-corrected chi connectivity index (χ0v) is 10.6. The molecular formula is C14H11ClFNO2. The van der Waals surface area contributed by atoms with E-state index in [-0.39, 0.29) is 23.2 Å². The van der Waals surface area contributed by atoms with Crippen LogP contribution >= 0.6 is 11.6 Å². The average molecular weight is 280 g/mol. The second kappa shape index (κ2) is 5.71. The fraction of sp³-hybridized carbons (Fsp3) is 0.0714. The number of hydrogen-bond donors (Lipinski definition) is 2. The minimum Gasteiger partial charge on any atom is -0.508 e. The van der Waals surface area contributed by atoms with Gasteiger partial charge >= 0.3 is 0 Å². The molecule has 2 aromatic rings. The number of nitrogens with one attached hydrogen (secondary N) is 1. The number of carbonyl (C=O) groups excluding carboxylic acids is 1. The summed E-state index contributed by atoms with van der Waals surface area (Å²) in [5.74, 6) is -0.669. The zero-order chi connectivity index (χ0) is 13.8. The summed E-state index contributed by atoms with van der Waals surface area (Å²) in [6, 6.07) is 10.2. The summed E-state index contributed by atoms with van der Waals surface area (Å²) in [4.78, 5) is 11.8. The number of phenolic OH excluding ortho intramolecular Hbond substituents is 1. The van der Waals surface area contributed by atoms with Gasteiger partial charge in [-0.15, -0.1) is 0 Å². The average Bonchev–Trinajstić information content (AvgIpc) is 2.40. The van der Waals surface area contributed by atoms with Crippen molar-refractivity contribution in [1.82, 2.24) is 5.32 Å². The van der Waals surface area contributed by atoms with Crippen molar-refractivity contribution in [2.45, 2.75) is 6.54 Å². The maximum Gasteiger partial charge on any atom is 0.251 e. The van der Waals surface area contributed by atoms with Crippen LogP contribution in [-0.2, 0) is 6.54 Å². The molecule has 0 fully saturated rings. The van der Waals surface area contributed by atoms with Gasteiger partial charge in [0.05, 0.1) is 5.02 Å². The monoisotopic (exact) mass is 279 g/mol. The lowest BCUT2D eigenvalue weighted by atomic mass is 10.2. The van der Waals surface area contributed by atoms with E-state index in [4.69, 9.17) is 16.7 Å². The molecule has 0 bridgehead atoms. The van der Waals surface area contributed by atoms with Crippen molar-refractivity contribution in [3.05, 3.63) is 64.4 Å². The number of phenols is 1. The Morgan fingerprint density at radius 3 is 2.53 bits per heavy atom. The third-order valence-electron chi connectivity index (χ3n) is 2.57. The van der Waals surface area contributed by atoms with Gasteiger partial charge in [0.15, 0.2) is 0 Å². The smallest absolute Gasteiger partial charge is 0.251 e. The minimum absolute atomic E-state index is 0.0244. The molecule has 2 N–H and O–H groups in total. The number of hydrogen-bond acceptors (Lipinski definition) is 2. The summed E-state index contributed by atoms with van der Waals surface area (Å²) >= 11 is 5.65. The summed E-state index contributed by atoms with van der Waals surface area (Å²) < 4.78 is 13.0. The number of halogens is 2. The Morgan fingerprint density at radius 2 is 1.89 bits per heavy atom. The molecule has 3 nitrogen and oxygen atoms in total. The van der Waals surface area contributed by atoms with Gasteiger partial charge in [-0.25, -0.2) is 4.39 Å². The Hall–Kier alpha value is -2.07. The fourth-order valence-electron chi connectivity index (χ4n) is 1.55. The summed E-state index contributed by atoms with van der Waals surface area (Å²) in [5, 5.41) is 11.8. The molecule has 2 aromatic carbocycles.